The molecular weight excluding hydrogens is 446 g/mol. The maximum atomic E-state index is 13.1. The van der Waals surface area contributed by atoms with Crippen LogP contribution < -0.4 is 9.64 Å². The number of amides is 1. The van der Waals surface area contributed by atoms with Crippen molar-refractivity contribution in [1.29, 1.82) is 0 Å². The van der Waals surface area contributed by atoms with E-state index in [9.17, 15) is 4.79 Å². The first kappa shape index (κ1) is 22.6. The van der Waals surface area contributed by atoms with Crippen molar-refractivity contribution in [2.45, 2.75) is 19.8 Å². The van der Waals surface area contributed by atoms with Crippen molar-refractivity contribution >= 4 is 11.7 Å². The van der Waals surface area contributed by atoms with Crippen molar-refractivity contribution in [3.8, 4) is 28.4 Å². The quantitative estimate of drug-likeness (QED) is 0.452. The van der Waals surface area contributed by atoms with Crippen LogP contribution >= 0.6 is 0 Å². The molecule has 1 saturated heterocycles. The molecule has 4 aromatic rings. The van der Waals surface area contributed by atoms with Crippen molar-refractivity contribution in [3.05, 3.63) is 60.2 Å². The predicted octanol–water partition coefficient (Wildman–Crippen LogP) is 3.62. The maximum Gasteiger partial charge on any atom is 0.272 e. The number of methoxy groups -OCH3 is 1. The van der Waals surface area contributed by atoms with E-state index in [1.54, 1.807) is 19.4 Å². The van der Waals surface area contributed by atoms with Gasteiger partial charge in [0.05, 0.1) is 12.8 Å². The number of aromatic nitrogens is 5. The summed E-state index contributed by atoms with van der Waals surface area (Å²) in [5.74, 6) is 2.82. The van der Waals surface area contributed by atoms with Gasteiger partial charge in [0, 0.05) is 49.4 Å². The van der Waals surface area contributed by atoms with Crippen LogP contribution in [0, 0.1) is 0 Å². The summed E-state index contributed by atoms with van der Waals surface area (Å²) in [6.45, 7) is 6.57. The average molecular weight is 474 g/mol. The van der Waals surface area contributed by atoms with Crippen LogP contribution in [0.5, 0.6) is 5.75 Å². The molecular formula is C25H27N7O3. The summed E-state index contributed by atoms with van der Waals surface area (Å²) in [5, 5.41) is 11.3. The minimum Gasteiger partial charge on any atom is -0.496 e. The summed E-state index contributed by atoms with van der Waals surface area (Å²) < 4.78 is 10.7. The van der Waals surface area contributed by atoms with Gasteiger partial charge in [-0.25, -0.2) is 4.98 Å². The lowest BCUT2D eigenvalue weighted by Gasteiger charge is -2.35. The van der Waals surface area contributed by atoms with Crippen LogP contribution in [0.1, 0.15) is 36.1 Å². The second-order valence-corrected chi connectivity index (χ2v) is 8.66. The van der Waals surface area contributed by atoms with E-state index in [0.717, 1.165) is 16.9 Å². The Labute approximate surface area is 202 Å². The molecule has 0 aliphatic carbocycles. The zero-order valence-electron chi connectivity index (χ0n) is 19.9. The molecule has 10 nitrogen and oxygen atoms in total. The minimum absolute atomic E-state index is 0.0698. The molecule has 1 fully saturated rings. The highest BCUT2D eigenvalue weighted by Crippen LogP contribution is 2.28. The van der Waals surface area contributed by atoms with E-state index in [2.05, 4.69) is 30.2 Å². The smallest absolute Gasteiger partial charge is 0.272 e. The molecule has 4 heterocycles. The van der Waals surface area contributed by atoms with Crippen LogP contribution in [-0.4, -0.2) is 69.4 Å². The Hall–Kier alpha value is -4.21. The fourth-order valence-electron chi connectivity index (χ4n) is 4.03. The third-order valence-electron chi connectivity index (χ3n) is 6.02. The summed E-state index contributed by atoms with van der Waals surface area (Å²) in [6.07, 6.45) is 1.76. The third kappa shape index (κ3) is 4.59. The monoisotopic (exact) mass is 473 g/mol. The summed E-state index contributed by atoms with van der Waals surface area (Å²) in [6, 6.07) is 13.3. The molecule has 10 heteroatoms. The van der Waals surface area contributed by atoms with Crippen molar-refractivity contribution < 1.29 is 14.1 Å². The number of para-hydroxylation sites is 1. The van der Waals surface area contributed by atoms with Crippen LogP contribution in [0.2, 0.25) is 0 Å². The molecule has 0 saturated carbocycles. The molecule has 180 valence electrons. The Morgan fingerprint density at radius 3 is 2.60 bits per heavy atom. The molecule has 35 heavy (non-hydrogen) atoms. The predicted molar refractivity (Wildman–Crippen MR) is 130 cm³/mol. The Bertz CT molecular complexity index is 1300. The van der Waals surface area contributed by atoms with Gasteiger partial charge in [-0.15, -0.1) is 0 Å². The Kier molecular flexibility index (Phi) is 6.17. The number of nitrogens with one attached hydrogen (secondary N) is 1. The number of anilines is 1. The lowest BCUT2D eigenvalue weighted by atomic mass is 10.1. The Balaban J connectivity index is 1.21. The van der Waals surface area contributed by atoms with Gasteiger partial charge >= 0.3 is 0 Å². The number of aromatic amines is 1. The highest BCUT2D eigenvalue weighted by molar-refractivity contribution is 5.93. The van der Waals surface area contributed by atoms with E-state index in [1.165, 1.54) is 0 Å². The largest absolute Gasteiger partial charge is 0.496 e. The number of H-pyrrole nitrogens is 1. The van der Waals surface area contributed by atoms with Gasteiger partial charge in [0.15, 0.2) is 0 Å². The molecule has 0 unspecified atom stereocenters. The van der Waals surface area contributed by atoms with E-state index < -0.39 is 0 Å². The van der Waals surface area contributed by atoms with Gasteiger partial charge in [0.1, 0.15) is 17.3 Å². The second kappa shape index (κ2) is 9.57. The fourth-order valence-corrected chi connectivity index (χ4v) is 4.03. The molecule has 0 atom stereocenters. The summed E-state index contributed by atoms with van der Waals surface area (Å²) in [4.78, 5) is 26.1. The topological polar surface area (TPSA) is 113 Å². The van der Waals surface area contributed by atoms with Gasteiger partial charge in [0.2, 0.25) is 11.7 Å². The van der Waals surface area contributed by atoms with Gasteiger partial charge in [-0.3, -0.25) is 9.89 Å². The number of carbonyl (C=O) groups excluding carboxylic acids is 1. The van der Waals surface area contributed by atoms with E-state index >= 15 is 0 Å². The average Bonchev–Trinajstić information content (AvgIpc) is 3.59. The normalized spacial score (nSPS) is 13.9. The molecule has 0 radical (unpaired) electrons. The number of hydrogen-bond donors (Lipinski definition) is 1. The zero-order valence-corrected chi connectivity index (χ0v) is 19.9. The van der Waals surface area contributed by atoms with Crippen molar-refractivity contribution in [1.82, 2.24) is 30.2 Å². The highest BCUT2D eigenvalue weighted by Gasteiger charge is 2.25. The first-order valence-corrected chi connectivity index (χ1v) is 11.6. The minimum atomic E-state index is -0.0698. The van der Waals surface area contributed by atoms with Gasteiger partial charge < -0.3 is 19.1 Å². The Morgan fingerprint density at radius 2 is 1.91 bits per heavy atom. The lowest BCUT2D eigenvalue weighted by Crippen LogP contribution is -2.49. The molecule has 0 spiro atoms. The van der Waals surface area contributed by atoms with Gasteiger partial charge in [0.25, 0.3) is 5.91 Å². The molecule has 5 rings (SSSR count). The standard InChI is InChI=1S/C25H27N7O3/c1-16(2)24-27-23(30-35-24)17-8-9-22(26-15-17)31-10-12-32(13-11-31)25(33)20-14-19(28-29-20)18-6-4-5-7-21(18)34-3/h4-9,14-16H,10-13H2,1-3H3,(H,28,29). The number of benzene rings is 1. The number of ether oxygens (including phenoxy) is 1. The van der Waals surface area contributed by atoms with Gasteiger partial charge in [-0.05, 0) is 30.3 Å². The van der Waals surface area contributed by atoms with E-state index in [-0.39, 0.29) is 11.8 Å². The highest BCUT2D eigenvalue weighted by atomic mass is 16.5. The molecule has 1 aliphatic heterocycles. The van der Waals surface area contributed by atoms with Crippen molar-refractivity contribution in [3.63, 3.8) is 0 Å². The number of hydrogen-bond acceptors (Lipinski definition) is 8. The summed E-state index contributed by atoms with van der Waals surface area (Å²) in [5.41, 5.74) is 2.78. The SMILES string of the molecule is COc1ccccc1-c1cc(C(=O)N2CCN(c3ccc(-c4noc(C(C)C)n4)cn3)CC2)[nH]n1. The number of carbonyl (C=O) groups is 1. The molecule has 0 bridgehead atoms. The third-order valence-corrected chi connectivity index (χ3v) is 6.02. The van der Waals surface area contributed by atoms with Crippen LogP contribution in [0.25, 0.3) is 22.6 Å². The van der Waals surface area contributed by atoms with Crippen LogP contribution in [0.4, 0.5) is 5.82 Å². The number of nitrogens with zero attached hydrogens (tertiary/aromatic N) is 6. The van der Waals surface area contributed by atoms with E-state index in [1.807, 2.05) is 55.1 Å². The lowest BCUT2D eigenvalue weighted by molar-refractivity contribution is 0.0740. The number of pyridine rings is 1. The van der Waals surface area contributed by atoms with E-state index in [4.69, 9.17) is 9.26 Å². The first-order chi connectivity index (χ1) is 17.0. The van der Waals surface area contributed by atoms with Crippen LogP contribution in [-0.2, 0) is 0 Å². The van der Waals surface area contributed by atoms with Crippen LogP contribution in [0.15, 0.2) is 53.2 Å². The molecule has 1 aromatic carbocycles. The molecule has 3 aromatic heterocycles. The zero-order chi connectivity index (χ0) is 24.4. The fraction of sp³-hybridized carbons (Fsp3) is 0.320. The molecule has 1 N–H and O–H groups in total. The molecule has 1 aliphatic rings. The summed E-state index contributed by atoms with van der Waals surface area (Å²) in [7, 11) is 1.62. The van der Waals surface area contributed by atoms with Crippen LogP contribution in [0.3, 0.4) is 0 Å². The first-order valence-electron chi connectivity index (χ1n) is 11.6. The second-order valence-electron chi connectivity index (χ2n) is 8.66. The summed E-state index contributed by atoms with van der Waals surface area (Å²) >= 11 is 0. The molecule has 1 amide bonds. The van der Waals surface area contributed by atoms with Crippen molar-refractivity contribution in [2.75, 3.05) is 38.2 Å². The van der Waals surface area contributed by atoms with E-state index in [0.29, 0.717) is 55.0 Å². The Morgan fingerprint density at radius 1 is 1.11 bits per heavy atom. The van der Waals surface area contributed by atoms with Gasteiger partial charge in [-0.1, -0.05) is 31.1 Å². The maximum absolute atomic E-state index is 13.1. The number of rotatable bonds is 6. The van der Waals surface area contributed by atoms with Crippen molar-refractivity contribution in [2.24, 2.45) is 0 Å². The van der Waals surface area contributed by atoms with Gasteiger partial charge in [-0.2, -0.15) is 10.1 Å². The number of piperazine rings is 1.